The third-order valence-corrected chi connectivity index (χ3v) is 7.78. The van der Waals surface area contributed by atoms with Crippen LogP contribution >= 0.6 is 0 Å². The molecule has 0 radical (unpaired) electrons. The van der Waals surface area contributed by atoms with Gasteiger partial charge in [0, 0.05) is 36.5 Å². The van der Waals surface area contributed by atoms with Crippen molar-refractivity contribution in [1.82, 2.24) is 0 Å². The summed E-state index contributed by atoms with van der Waals surface area (Å²) in [5.41, 5.74) is -3.43. The van der Waals surface area contributed by atoms with Crippen molar-refractivity contribution in [2.24, 2.45) is 0 Å². The number of aliphatic hydroxyl groups excluding tert-OH is 2. The zero-order valence-electron chi connectivity index (χ0n) is 21.5. The van der Waals surface area contributed by atoms with Gasteiger partial charge in [-0.2, -0.15) is 0 Å². The van der Waals surface area contributed by atoms with Crippen molar-refractivity contribution in [3.05, 3.63) is 57.6 Å². The zero-order valence-corrected chi connectivity index (χ0v) is 21.5. The number of hydrogen-bond donors (Lipinski definition) is 6. The Morgan fingerprint density at radius 1 is 1.00 bits per heavy atom. The average molecular weight is 544 g/mol. The van der Waals surface area contributed by atoms with Gasteiger partial charge in [-0.1, -0.05) is 12.1 Å². The van der Waals surface area contributed by atoms with E-state index in [9.17, 15) is 35.1 Å². The largest absolute Gasteiger partial charge is 0.507 e. The van der Waals surface area contributed by atoms with Crippen molar-refractivity contribution in [2.75, 3.05) is 14.2 Å². The number of hydrogen-bond acceptors (Lipinski definition) is 12. The monoisotopic (exact) mass is 543 g/mol. The maximum absolute atomic E-state index is 13.5. The van der Waals surface area contributed by atoms with E-state index in [-0.39, 0.29) is 44.8 Å². The third kappa shape index (κ3) is 3.83. The minimum Gasteiger partial charge on any atom is -0.507 e. The van der Waals surface area contributed by atoms with E-state index in [1.807, 2.05) is 0 Å². The van der Waals surface area contributed by atoms with Gasteiger partial charge >= 0.3 is 0 Å². The average Bonchev–Trinajstić information content (AvgIpc) is 2.88. The van der Waals surface area contributed by atoms with Crippen LogP contribution in [0.25, 0.3) is 0 Å². The molecule has 1 aliphatic heterocycles. The molecule has 1 fully saturated rings. The van der Waals surface area contributed by atoms with Crippen molar-refractivity contribution in [3.63, 3.8) is 0 Å². The molecule has 0 aromatic heterocycles. The van der Waals surface area contributed by atoms with Gasteiger partial charge < -0.3 is 44.5 Å². The number of carbonyl (C=O) groups is 2. The number of phenols is 2. The van der Waals surface area contributed by atoms with E-state index in [0.29, 0.717) is 0 Å². The van der Waals surface area contributed by atoms with Crippen LogP contribution in [0.5, 0.6) is 11.5 Å². The molecule has 3 aliphatic rings. The molecule has 6 N–H and O–H groups in total. The summed E-state index contributed by atoms with van der Waals surface area (Å²) in [5.74, 6) is -2.48. The van der Waals surface area contributed by atoms with Crippen molar-refractivity contribution in [2.45, 2.75) is 62.4 Å². The number of fused-ring (bicyclic) bond motifs is 3. The van der Waals surface area contributed by atoms with Crippen molar-refractivity contribution in [1.29, 1.82) is 5.41 Å². The highest BCUT2D eigenvalue weighted by atomic mass is 16.7. The van der Waals surface area contributed by atoms with Gasteiger partial charge in [0.25, 0.3) is 0 Å². The smallest absolute Gasteiger partial charge is 0.197 e. The number of aliphatic hydroxyl groups is 3. The molecule has 2 aromatic carbocycles. The summed E-state index contributed by atoms with van der Waals surface area (Å²) < 4.78 is 22.7. The van der Waals surface area contributed by atoms with Crippen LogP contribution in [0, 0.1) is 5.41 Å². The van der Waals surface area contributed by atoms with Crippen molar-refractivity contribution in [3.8, 4) is 11.5 Å². The number of phenolic OH excluding ortho intramolecular Hbond substituents is 2. The Morgan fingerprint density at radius 3 is 2.33 bits per heavy atom. The molecule has 8 atom stereocenters. The van der Waals surface area contributed by atoms with Gasteiger partial charge in [0.1, 0.15) is 42.0 Å². The zero-order chi connectivity index (χ0) is 28.5. The summed E-state index contributed by atoms with van der Waals surface area (Å²) in [6, 6.07) is 5.35. The van der Waals surface area contributed by atoms with Crippen molar-refractivity contribution >= 4 is 17.3 Å². The first-order valence-corrected chi connectivity index (χ1v) is 12.2. The molecule has 0 spiro atoms. The second-order valence-electron chi connectivity index (χ2n) is 10.1. The molecular formula is C27H29NO11. The van der Waals surface area contributed by atoms with Gasteiger partial charge in [-0.15, -0.1) is 0 Å². The number of benzene rings is 2. The first-order chi connectivity index (χ1) is 18.4. The summed E-state index contributed by atoms with van der Waals surface area (Å²) in [5, 5.41) is 62.8. The minimum absolute atomic E-state index is 0.0181. The molecular weight excluding hydrogens is 514 g/mol. The van der Waals surface area contributed by atoms with Gasteiger partial charge in [-0.05, 0) is 26.0 Å². The fourth-order valence-electron chi connectivity index (χ4n) is 5.70. The van der Waals surface area contributed by atoms with Crippen LogP contribution in [0.4, 0.5) is 0 Å². The fraction of sp³-hybridized carbons (Fsp3) is 0.444. The SMILES string of the molecule is CO[C@H]1[C@H](O[C@@H]2c3c(cc4c(c3O)C(=N)c3c(O)cccc3C4=O)C(=O)[C@@](C)(O)[C@@H]2OC)O[C@@H](C)[C@H](O)[C@H]1O. The van der Waals surface area contributed by atoms with Crippen LogP contribution in [-0.4, -0.2) is 99.4 Å². The summed E-state index contributed by atoms with van der Waals surface area (Å²) in [4.78, 5) is 26.9. The maximum atomic E-state index is 13.5. The first kappa shape index (κ1) is 27.3. The molecule has 2 aliphatic carbocycles. The topological polar surface area (TPSA) is 196 Å². The molecule has 0 unspecified atom stereocenters. The predicted molar refractivity (Wildman–Crippen MR) is 132 cm³/mol. The van der Waals surface area contributed by atoms with Gasteiger partial charge in [0.05, 0.1) is 22.9 Å². The quantitative estimate of drug-likeness (QED) is 0.269. The van der Waals surface area contributed by atoms with Crippen LogP contribution in [0.15, 0.2) is 24.3 Å². The molecule has 5 rings (SSSR count). The third-order valence-electron chi connectivity index (χ3n) is 7.78. The Kier molecular flexibility index (Phi) is 6.63. The highest BCUT2D eigenvalue weighted by molar-refractivity contribution is 6.31. The minimum atomic E-state index is -2.20. The Balaban J connectivity index is 1.71. The van der Waals surface area contributed by atoms with E-state index in [2.05, 4.69) is 0 Å². The number of aromatic hydroxyl groups is 2. The number of methoxy groups -OCH3 is 2. The van der Waals surface area contributed by atoms with E-state index >= 15 is 0 Å². The van der Waals surface area contributed by atoms with Crippen LogP contribution in [-0.2, 0) is 18.9 Å². The molecule has 0 amide bonds. The summed E-state index contributed by atoms with van der Waals surface area (Å²) >= 11 is 0. The van der Waals surface area contributed by atoms with E-state index in [1.165, 1.54) is 52.3 Å². The van der Waals surface area contributed by atoms with E-state index < -0.39 is 65.8 Å². The number of carbonyl (C=O) groups excluding carboxylic acids is 2. The number of ketones is 2. The highest BCUT2D eigenvalue weighted by Gasteiger charge is 2.55. The second kappa shape index (κ2) is 9.45. The molecule has 2 aromatic rings. The highest BCUT2D eigenvalue weighted by Crippen LogP contribution is 2.49. The number of ether oxygens (including phenoxy) is 4. The standard InChI is InChI=1S/C27H29NO11/c1-9-18(30)21(33)23(36-3)26(38-9)39-22-16-12(24(34)27(2,35)25(22)37-4)8-11-15(20(16)32)17(28)14-10(19(11)31)6-5-7-13(14)29/h5-9,18,21-23,25-26,28-30,32-33,35H,1-4H3/t9-,18-,21+,22+,23+,25+,26-,27+/m0/s1. The lowest BCUT2D eigenvalue weighted by atomic mass is 9.72. The number of nitrogens with one attached hydrogen (secondary N) is 1. The van der Waals surface area contributed by atoms with Crippen LogP contribution < -0.4 is 0 Å². The molecule has 0 bridgehead atoms. The molecule has 12 nitrogen and oxygen atoms in total. The van der Waals surface area contributed by atoms with Crippen LogP contribution in [0.1, 0.15) is 62.9 Å². The normalized spacial score (nSPS) is 33.9. The van der Waals surface area contributed by atoms with Gasteiger partial charge in [0.15, 0.2) is 23.5 Å². The van der Waals surface area contributed by atoms with Gasteiger partial charge in [0.2, 0.25) is 0 Å². The van der Waals surface area contributed by atoms with E-state index in [0.717, 1.165) is 0 Å². The second-order valence-corrected chi connectivity index (χ2v) is 10.1. The van der Waals surface area contributed by atoms with Crippen LogP contribution in [0.3, 0.4) is 0 Å². The molecule has 1 heterocycles. The lowest BCUT2D eigenvalue weighted by Gasteiger charge is -2.46. The molecule has 208 valence electrons. The lowest BCUT2D eigenvalue weighted by molar-refractivity contribution is -0.321. The number of Topliss-reactive ketones (excluding diaryl/α,β-unsaturated/α-hetero) is 1. The van der Waals surface area contributed by atoms with E-state index in [4.69, 9.17) is 24.4 Å². The Morgan fingerprint density at radius 2 is 1.69 bits per heavy atom. The number of rotatable bonds is 4. The van der Waals surface area contributed by atoms with Gasteiger partial charge in [-0.25, -0.2) is 0 Å². The molecule has 12 heteroatoms. The Bertz CT molecular complexity index is 1390. The molecule has 39 heavy (non-hydrogen) atoms. The summed E-state index contributed by atoms with van der Waals surface area (Å²) in [6.45, 7) is 2.70. The van der Waals surface area contributed by atoms with E-state index in [1.54, 1.807) is 0 Å². The fourth-order valence-corrected chi connectivity index (χ4v) is 5.70. The molecule has 0 saturated carbocycles. The maximum Gasteiger partial charge on any atom is 0.197 e. The van der Waals surface area contributed by atoms with Crippen molar-refractivity contribution < 1.29 is 54.1 Å². The summed E-state index contributed by atoms with van der Waals surface area (Å²) in [6.07, 6.45) is -9.03. The lowest BCUT2D eigenvalue weighted by Crippen LogP contribution is -2.60. The predicted octanol–water partition coefficient (Wildman–Crippen LogP) is 0.560. The first-order valence-electron chi connectivity index (χ1n) is 12.2. The summed E-state index contributed by atoms with van der Waals surface area (Å²) in [7, 11) is 2.49. The Hall–Kier alpha value is -3.23. The molecule has 1 saturated heterocycles. The Labute approximate surface area is 222 Å². The van der Waals surface area contributed by atoms with Gasteiger partial charge in [-0.3, -0.25) is 15.0 Å². The van der Waals surface area contributed by atoms with Crippen LogP contribution in [0.2, 0.25) is 0 Å².